The molecule has 0 spiro atoms. The highest BCUT2D eigenvalue weighted by Gasteiger charge is 2.31. The SMILES string of the molecule is CSC1CC(=[N+](C)C)CC(C(C)C)S1.[I-]. The average molecular weight is 359 g/mol. The number of thioether (sulfide) groups is 2. The van der Waals surface area contributed by atoms with E-state index in [1.165, 1.54) is 12.8 Å². The predicted octanol–water partition coefficient (Wildman–Crippen LogP) is -0.0558. The summed E-state index contributed by atoms with van der Waals surface area (Å²) in [5, 5.41) is 0.818. The van der Waals surface area contributed by atoms with Gasteiger partial charge in [0.05, 0.1) is 4.58 Å². The first kappa shape index (κ1) is 16.1. The van der Waals surface area contributed by atoms with Crippen molar-refractivity contribution >= 4 is 29.2 Å². The molecule has 2 atom stereocenters. The summed E-state index contributed by atoms with van der Waals surface area (Å²) in [4.78, 5) is 0. The Hall–Kier alpha value is 1.10. The highest BCUT2D eigenvalue weighted by atomic mass is 127. The molecule has 0 amide bonds. The van der Waals surface area contributed by atoms with Gasteiger partial charge < -0.3 is 24.0 Å². The molecule has 1 rings (SSSR count). The van der Waals surface area contributed by atoms with E-state index in [2.05, 4.69) is 50.5 Å². The van der Waals surface area contributed by atoms with Crippen LogP contribution in [-0.2, 0) is 0 Å². The van der Waals surface area contributed by atoms with Gasteiger partial charge in [0.2, 0.25) is 0 Å². The summed E-state index contributed by atoms with van der Waals surface area (Å²) >= 11 is 4.18. The maximum atomic E-state index is 2.34. The molecule has 0 saturated carbocycles. The average Bonchev–Trinajstić information content (AvgIpc) is 2.16. The third-order valence-corrected chi connectivity index (χ3v) is 5.94. The van der Waals surface area contributed by atoms with Crippen LogP contribution in [0.5, 0.6) is 0 Å². The number of hydrogen-bond acceptors (Lipinski definition) is 2. The van der Waals surface area contributed by atoms with Crippen LogP contribution in [0.2, 0.25) is 0 Å². The van der Waals surface area contributed by atoms with Crippen LogP contribution in [0.3, 0.4) is 0 Å². The van der Waals surface area contributed by atoms with Gasteiger partial charge in [-0.2, -0.15) is 11.8 Å². The Labute approximate surface area is 120 Å². The van der Waals surface area contributed by atoms with Gasteiger partial charge in [-0.25, -0.2) is 4.58 Å². The summed E-state index contributed by atoms with van der Waals surface area (Å²) < 4.78 is 3.09. The Kier molecular flexibility index (Phi) is 7.98. The van der Waals surface area contributed by atoms with Gasteiger partial charge in [0.1, 0.15) is 14.1 Å². The second-order valence-corrected chi connectivity index (χ2v) is 7.24. The molecule has 0 aromatic heterocycles. The molecule has 15 heavy (non-hydrogen) atoms. The Morgan fingerprint density at radius 3 is 2.33 bits per heavy atom. The summed E-state index contributed by atoms with van der Waals surface area (Å²) in [6, 6.07) is 0. The normalized spacial score (nSPS) is 26.4. The first-order valence-electron chi connectivity index (χ1n) is 5.25. The predicted molar refractivity (Wildman–Crippen MR) is 69.9 cm³/mol. The lowest BCUT2D eigenvalue weighted by Gasteiger charge is -2.29. The van der Waals surface area contributed by atoms with Gasteiger partial charge in [0, 0.05) is 18.1 Å². The monoisotopic (exact) mass is 359 g/mol. The third-order valence-electron chi connectivity index (χ3n) is 2.80. The smallest absolute Gasteiger partial charge is 0.154 e. The zero-order valence-corrected chi connectivity index (χ0v) is 14.1. The van der Waals surface area contributed by atoms with E-state index in [0.29, 0.717) is 0 Å². The van der Waals surface area contributed by atoms with Crippen LogP contribution in [0.1, 0.15) is 26.7 Å². The summed E-state index contributed by atoms with van der Waals surface area (Å²) in [5.74, 6) is 0.796. The minimum absolute atomic E-state index is 0. The number of nitrogens with zero attached hydrogens (tertiary/aromatic N) is 1. The van der Waals surface area contributed by atoms with E-state index in [1.54, 1.807) is 5.71 Å². The maximum Gasteiger partial charge on any atom is 0.154 e. The Bertz CT molecular complexity index is 225. The van der Waals surface area contributed by atoms with Crippen LogP contribution in [0.25, 0.3) is 0 Å². The standard InChI is InChI=1S/C11H22NS2.HI/c1-8(2)10-6-9(12(3)4)7-11(13-5)14-10;/h8,10-11H,6-7H2,1-5H3;1H/q+1;/p-1. The summed E-state index contributed by atoms with van der Waals surface area (Å²) in [6.45, 7) is 4.68. The van der Waals surface area contributed by atoms with Crippen molar-refractivity contribution in [1.29, 1.82) is 0 Å². The lowest BCUT2D eigenvalue weighted by Crippen LogP contribution is -3.00. The van der Waals surface area contributed by atoms with Crippen molar-refractivity contribution in [2.45, 2.75) is 36.5 Å². The van der Waals surface area contributed by atoms with E-state index in [-0.39, 0.29) is 24.0 Å². The van der Waals surface area contributed by atoms with E-state index in [4.69, 9.17) is 0 Å². The first-order chi connectivity index (χ1) is 6.54. The molecule has 4 heteroatoms. The minimum atomic E-state index is 0. The van der Waals surface area contributed by atoms with Crippen molar-refractivity contribution in [3.05, 3.63) is 0 Å². The summed E-state index contributed by atoms with van der Waals surface area (Å²) in [7, 11) is 4.36. The molecular weight excluding hydrogens is 337 g/mol. The van der Waals surface area contributed by atoms with E-state index in [1.807, 2.05) is 11.8 Å². The fraction of sp³-hybridized carbons (Fsp3) is 0.909. The summed E-state index contributed by atoms with van der Waals surface area (Å²) in [6.07, 6.45) is 4.78. The highest BCUT2D eigenvalue weighted by molar-refractivity contribution is 8.17. The van der Waals surface area contributed by atoms with Crippen LogP contribution in [0.4, 0.5) is 0 Å². The second kappa shape index (κ2) is 7.43. The Balaban J connectivity index is 0.00000196. The molecule has 0 radical (unpaired) electrons. The Morgan fingerprint density at radius 2 is 1.93 bits per heavy atom. The molecule has 2 unspecified atom stereocenters. The second-order valence-electron chi connectivity index (χ2n) is 4.45. The van der Waals surface area contributed by atoms with Gasteiger partial charge in [-0.3, -0.25) is 0 Å². The summed E-state index contributed by atoms with van der Waals surface area (Å²) in [5.41, 5.74) is 1.63. The van der Waals surface area contributed by atoms with Gasteiger partial charge in [-0.05, 0) is 12.2 Å². The lowest BCUT2D eigenvalue weighted by molar-refractivity contribution is -0.467. The maximum absolute atomic E-state index is 2.34. The first-order valence-corrected chi connectivity index (χ1v) is 7.48. The van der Waals surface area contributed by atoms with Gasteiger partial charge in [0.25, 0.3) is 0 Å². The van der Waals surface area contributed by atoms with Crippen LogP contribution in [-0.4, -0.2) is 40.5 Å². The molecule has 0 bridgehead atoms. The van der Waals surface area contributed by atoms with Crippen molar-refractivity contribution in [2.24, 2.45) is 5.92 Å². The molecule has 1 aliphatic heterocycles. The molecule has 1 heterocycles. The zero-order valence-electron chi connectivity index (χ0n) is 10.3. The van der Waals surface area contributed by atoms with E-state index in [9.17, 15) is 0 Å². The fourth-order valence-electron chi connectivity index (χ4n) is 1.70. The van der Waals surface area contributed by atoms with Crippen molar-refractivity contribution in [2.75, 3.05) is 20.4 Å². The van der Waals surface area contributed by atoms with Crippen LogP contribution in [0, 0.1) is 5.92 Å². The van der Waals surface area contributed by atoms with E-state index < -0.39 is 0 Å². The number of halogens is 1. The molecule has 0 N–H and O–H groups in total. The van der Waals surface area contributed by atoms with Crippen molar-refractivity contribution in [3.8, 4) is 0 Å². The topological polar surface area (TPSA) is 3.01 Å². The quantitative estimate of drug-likeness (QED) is 0.502. The zero-order chi connectivity index (χ0) is 10.7. The highest BCUT2D eigenvalue weighted by Crippen LogP contribution is 2.38. The van der Waals surface area contributed by atoms with Crippen molar-refractivity contribution in [1.82, 2.24) is 0 Å². The van der Waals surface area contributed by atoms with Crippen molar-refractivity contribution in [3.63, 3.8) is 0 Å². The number of rotatable bonds is 2. The third kappa shape index (κ3) is 4.86. The van der Waals surface area contributed by atoms with Crippen LogP contribution >= 0.6 is 23.5 Å². The molecule has 1 aliphatic rings. The molecule has 1 fully saturated rings. The van der Waals surface area contributed by atoms with Gasteiger partial charge in [0.15, 0.2) is 5.71 Å². The van der Waals surface area contributed by atoms with E-state index in [0.717, 1.165) is 15.7 Å². The minimum Gasteiger partial charge on any atom is -1.00 e. The van der Waals surface area contributed by atoms with Crippen molar-refractivity contribution < 1.29 is 28.6 Å². The molecule has 90 valence electrons. The number of hydrogen-bond donors (Lipinski definition) is 0. The van der Waals surface area contributed by atoms with Crippen LogP contribution < -0.4 is 24.0 Å². The molecule has 0 aromatic carbocycles. The van der Waals surface area contributed by atoms with E-state index >= 15 is 0 Å². The van der Waals surface area contributed by atoms with Gasteiger partial charge >= 0.3 is 0 Å². The molecule has 0 aliphatic carbocycles. The molecule has 1 saturated heterocycles. The molecule has 1 nitrogen and oxygen atoms in total. The Morgan fingerprint density at radius 1 is 1.33 bits per heavy atom. The lowest BCUT2D eigenvalue weighted by atomic mass is 10.0. The van der Waals surface area contributed by atoms with Gasteiger partial charge in [-0.15, -0.1) is 11.8 Å². The molecule has 0 aromatic rings. The largest absolute Gasteiger partial charge is 1.00 e. The van der Waals surface area contributed by atoms with Crippen LogP contribution in [0.15, 0.2) is 0 Å². The molecular formula is C11H22INS2. The fourth-order valence-corrected chi connectivity index (χ4v) is 4.21. The van der Waals surface area contributed by atoms with Gasteiger partial charge in [-0.1, -0.05) is 13.8 Å².